The molecular formula is C22H19ClO6. The summed E-state index contributed by atoms with van der Waals surface area (Å²) in [4.78, 5) is 26.0. The van der Waals surface area contributed by atoms with Crippen LogP contribution in [-0.4, -0.2) is 31.4 Å². The molecule has 2 atom stereocenters. The molecule has 0 fully saturated rings. The first kappa shape index (κ1) is 19.3. The minimum atomic E-state index is -1.52. The number of hydrogen-bond donors (Lipinski definition) is 0. The number of Topliss-reactive ketones (excluding diaryl/α,β-unsaturated/α-hetero) is 1. The monoisotopic (exact) mass is 414 g/mol. The van der Waals surface area contributed by atoms with Crippen LogP contribution in [0.15, 0.2) is 48.2 Å². The van der Waals surface area contributed by atoms with E-state index in [1.54, 1.807) is 37.3 Å². The Morgan fingerprint density at radius 3 is 2.45 bits per heavy atom. The molecule has 150 valence electrons. The number of carbonyl (C=O) groups excluding carboxylic acids is 2. The molecule has 1 spiro atoms. The lowest BCUT2D eigenvalue weighted by Crippen LogP contribution is -2.52. The van der Waals surface area contributed by atoms with Gasteiger partial charge in [-0.15, -0.1) is 0 Å². The predicted octanol–water partition coefficient (Wildman–Crippen LogP) is 4.24. The second kappa shape index (κ2) is 7.12. The maximum Gasteiger partial charge on any atom is 0.231 e. The summed E-state index contributed by atoms with van der Waals surface area (Å²) in [5, 5.41) is 0.164. The average molecular weight is 415 g/mol. The van der Waals surface area contributed by atoms with Gasteiger partial charge in [0.25, 0.3) is 0 Å². The first-order valence-corrected chi connectivity index (χ1v) is 9.46. The highest BCUT2D eigenvalue weighted by Crippen LogP contribution is 2.54. The molecule has 2 aliphatic rings. The van der Waals surface area contributed by atoms with Crippen molar-refractivity contribution in [3.8, 4) is 23.0 Å². The third kappa shape index (κ3) is 2.86. The highest BCUT2D eigenvalue weighted by atomic mass is 35.5. The fraction of sp³-hybridized carbons (Fsp3) is 0.273. The van der Waals surface area contributed by atoms with Crippen molar-refractivity contribution in [3.63, 3.8) is 0 Å². The van der Waals surface area contributed by atoms with E-state index in [-0.39, 0.29) is 45.8 Å². The summed E-state index contributed by atoms with van der Waals surface area (Å²) in [5.74, 6) is 0.399. The highest BCUT2D eigenvalue weighted by molar-refractivity contribution is 6.35. The molecule has 0 aromatic heterocycles. The zero-order chi connectivity index (χ0) is 20.8. The van der Waals surface area contributed by atoms with Crippen LogP contribution in [0.3, 0.4) is 0 Å². The van der Waals surface area contributed by atoms with E-state index in [1.165, 1.54) is 20.3 Å². The number of allylic oxidation sites excluding steroid dienone is 1. The van der Waals surface area contributed by atoms with E-state index in [0.29, 0.717) is 11.5 Å². The molecule has 2 aromatic rings. The first-order valence-electron chi connectivity index (χ1n) is 9.08. The Morgan fingerprint density at radius 1 is 1.10 bits per heavy atom. The van der Waals surface area contributed by atoms with E-state index in [1.807, 2.05) is 6.07 Å². The fourth-order valence-corrected chi connectivity index (χ4v) is 4.07. The summed E-state index contributed by atoms with van der Waals surface area (Å²) in [6.07, 6.45) is 1.47. The summed E-state index contributed by atoms with van der Waals surface area (Å²) >= 11 is 6.45. The quantitative estimate of drug-likeness (QED) is 0.745. The summed E-state index contributed by atoms with van der Waals surface area (Å²) < 4.78 is 22.9. The topological polar surface area (TPSA) is 71.1 Å². The smallest absolute Gasteiger partial charge is 0.231 e. The van der Waals surface area contributed by atoms with Crippen molar-refractivity contribution in [3.05, 3.63) is 58.8 Å². The zero-order valence-corrected chi connectivity index (χ0v) is 16.9. The van der Waals surface area contributed by atoms with Crippen molar-refractivity contribution >= 4 is 23.2 Å². The lowest BCUT2D eigenvalue weighted by atomic mass is 9.75. The summed E-state index contributed by atoms with van der Waals surface area (Å²) in [5.41, 5.74) is -1.31. The van der Waals surface area contributed by atoms with Crippen LogP contribution in [-0.2, 0) is 4.79 Å². The van der Waals surface area contributed by atoms with Crippen LogP contribution in [0, 0.1) is 5.92 Å². The molecular weight excluding hydrogens is 396 g/mol. The van der Waals surface area contributed by atoms with E-state index in [2.05, 4.69) is 0 Å². The number of ketones is 2. The molecule has 4 rings (SSSR count). The van der Waals surface area contributed by atoms with Crippen LogP contribution in [0.2, 0.25) is 5.02 Å². The molecule has 7 heteroatoms. The minimum absolute atomic E-state index is 0.130. The SMILES string of the molecule is COc1cc(OC)c2c(c1Cl)O[C@]1(C2=O)C(Oc2ccccc2)=CC(=O)C[C@H]1C. The molecule has 0 N–H and O–H groups in total. The van der Waals surface area contributed by atoms with Crippen LogP contribution < -0.4 is 18.9 Å². The molecule has 0 radical (unpaired) electrons. The highest BCUT2D eigenvalue weighted by Gasteiger charge is 2.60. The summed E-state index contributed by atoms with van der Waals surface area (Å²) in [7, 11) is 2.91. The number of para-hydroxylation sites is 1. The van der Waals surface area contributed by atoms with E-state index < -0.39 is 11.5 Å². The van der Waals surface area contributed by atoms with Crippen LogP contribution in [0.5, 0.6) is 23.0 Å². The van der Waals surface area contributed by atoms with Gasteiger partial charge in [0.15, 0.2) is 17.3 Å². The van der Waals surface area contributed by atoms with Crippen LogP contribution >= 0.6 is 11.6 Å². The van der Waals surface area contributed by atoms with Crippen molar-refractivity contribution in [2.75, 3.05) is 14.2 Å². The molecule has 0 amide bonds. The third-order valence-corrected chi connectivity index (χ3v) is 5.61. The van der Waals surface area contributed by atoms with Gasteiger partial charge in [-0.2, -0.15) is 0 Å². The lowest BCUT2D eigenvalue weighted by molar-refractivity contribution is -0.118. The van der Waals surface area contributed by atoms with Gasteiger partial charge in [-0.05, 0) is 12.1 Å². The Hall–Kier alpha value is -2.99. The van der Waals surface area contributed by atoms with Gasteiger partial charge in [-0.25, -0.2) is 0 Å². The minimum Gasteiger partial charge on any atom is -0.496 e. The standard InChI is InChI=1S/C22H19ClO6/c1-12-9-13(24)10-17(28-14-7-5-4-6-8-14)22(12)21(25)18-15(26-2)11-16(27-3)19(23)20(18)29-22/h4-8,10-12H,9H2,1-3H3/t12-,22+/m1/s1. The van der Waals surface area contributed by atoms with Crippen LogP contribution in [0.25, 0.3) is 0 Å². The van der Waals surface area contributed by atoms with Gasteiger partial charge in [0.05, 0.1) is 14.2 Å². The van der Waals surface area contributed by atoms with Crippen molar-refractivity contribution < 1.29 is 28.5 Å². The van der Waals surface area contributed by atoms with Gasteiger partial charge in [-0.3, -0.25) is 9.59 Å². The molecule has 6 nitrogen and oxygen atoms in total. The molecule has 0 saturated heterocycles. The summed E-state index contributed by atoms with van der Waals surface area (Å²) in [6.45, 7) is 1.78. The molecule has 2 aromatic carbocycles. The van der Waals surface area contributed by atoms with Crippen molar-refractivity contribution in [1.82, 2.24) is 0 Å². The number of ether oxygens (including phenoxy) is 4. The van der Waals surface area contributed by atoms with Gasteiger partial charge >= 0.3 is 0 Å². The maximum atomic E-state index is 13.7. The van der Waals surface area contributed by atoms with E-state index >= 15 is 0 Å². The van der Waals surface area contributed by atoms with E-state index in [4.69, 9.17) is 30.5 Å². The number of hydrogen-bond acceptors (Lipinski definition) is 6. The van der Waals surface area contributed by atoms with E-state index in [9.17, 15) is 9.59 Å². The predicted molar refractivity (Wildman–Crippen MR) is 106 cm³/mol. The molecule has 0 unspecified atom stereocenters. The average Bonchev–Trinajstić information content (AvgIpc) is 3.02. The fourth-order valence-electron chi connectivity index (χ4n) is 3.81. The first-order chi connectivity index (χ1) is 13.9. The number of rotatable bonds is 4. The third-order valence-electron chi connectivity index (χ3n) is 5.25. The number of fused-ring (bicyclic) bond motifs is 1. The molecule has 0 saturated carbocycles. The van der Waals surface area contributed by atoms with Crippen molar-refractivity contribution in [1.29, 1.82) is 0 Å². The Kier molecular flexibility index (Phi) is 4.74. The zero-order valence-electron chi connectivity index (χ0n) is 16.2. The Morgan fingerprint density at radius 2 is 1.79 bits per heavy atom. The number of carbonyl (C=O) groups is 2. The van der Waals surface area contributed by atoms with Crippen LogP contribution in [0.4, 0.5) is 0 Å². The second-order valence-corrected chi connectivity index (χ2v) is 7.34. The summed E-state index contributed by atoms with van der Waals surface area (Å²) in [6, 6.07) is 10.5. The second-order valence-electron chi connectivity index (χ2n) is 6.96. The van der Waals surface area contributed by atoms with Gasteiger partial charge in [0.2, 0.25) is 11.4 Å². The Labute approximate surface area is 173 Å². The van der Waals surface area contributed by atoms with Crippen LogP contribution in [0.1, 0.15) is 23.7 Å². The Balaban J connectivity index is 1.88. The maximum absolute atomic E-state index is 13.7. The van der Waals surface area contributed by atoms with Crippen molar-refractivity contribution in [2.45, 2.75) is 18.9 Å². The van der Waals surface area contributed by atoms with Gasteiger partial charge < -0.3 is 18.9 Å². The Bertz CT molecular complexity index is 1030. The van der Waals surface area contributed by atoms with Gasteiger partial charge in [0, 0.05) is 24.5 Å². The molecule has 1 heterocycles. The molecule has 29 heavy (non-hydrogen) atoms. The molecule has 1 aliphatic carbocycles. The normalized spacial score (nSPS) is 22.8. The number of methoxy groups -OCH3 is 2. The number of halogens is 1. The molecule has 1 aliphatic heterocycles. The van der Waals surface area contributed by atoms with Gasteiger partial charge in [0.1, 0.15) is 27.8 Å². The van der Waals surface area contributed by atoms with Crippen molar-refractivity contribution in [2.24, 2.45) is 5.92 Å². The largest absolute Gasteiger partial charge is 0.496 e. The van der Waals surface area contributed by atoms with E-state index in [0.717, 1.165) is 0 Å². The lowest BCUT2D eigenvalue weighted by Gasteiger charge is -2.36. The van der Waals surface area contributed by atoms with Gasteiger partial charge in [-0.1, -0.05) is 36.7 Å². The number of benzene rings is 2. The molecule has 0 bridgehead atoms.